The highest BCUT2D eigenvalue weighted by atomic mass is 19.1. The Labute approximate surface area is 141 Å². The second kappa shape index (κ2) is 7.05. The van der Waals surface area contributed by atoms with Crippen molar-refractivity contribution in [3.05, 3.63) is 59.9 Å². The summed E-state index contributed by atoms with van der Waals surface area (Å²) in [5.74, 6) is -0.300. The molecule has 6 heteroatoms. The zero-order valence-electron chi connectivity index (χ0n) is 13.9. The molecule has 2 aromatic heterocycles. The van der Waals surface area contributed by atoms with Gasteiger partial charge in [0.15, 0.2) is 0 Å². The highest BCUT2D eigenvalue weighted by Crippen LogP contribution is 2.36. The summed E-state index contributed by atoms with van der Waals surface area (Å²) in [7, 11) is 3.87. The Morgan fingerprint density at radius 3 is 2.88 bits per heavy atom. The lowest BCUT2D eigenvalue weighted by molar-refractivity contribution is 0.0755. The molecule has 2 atom stereocenters. The normalized spacial score (nSPS) is 21.0. The largest absolute Gasteiger partial charge is 0.340 e. The number of pyridine rings is 2. The van der Waals surface area contributed by atoms with E-state index in [1.54, 1.807) is 18.1 Å². The van der Waals surface area contributed by atoms with Gasteiger partial charge in [-0.2, -0.15) is 0 Å². The van der Waals surface area contributed by atoms with Crippen molar-refractivity contribution < 1.29 is 9.18 Å². The van der Waals surface area contributed by atoms with E-state index in [1.165, 1.54) is 17.7 Å². The molecule has 3 heterocycles. The first-order valence-corrected chi connectivity index (χ1v) is 8.03. The maximum Gasteiger partial charge on any atom is 0.272 e. The van der Waals surface area contributed by atoms with Crippen LogP contribution in [0.25, 0.3) is 0 Å². The minimum atomic E-state index is -0.441. The van der Waals surface area contributed by atoms with Crippen molar-refractivity contribution in [3.63, 3.8) is 0 Å². The Kier molecular flexibility index (Phi) is 4.85. The number of halogens is 1. The Balaban J connectivity index is 1.72. The number of hydrogen-bond acceptors (Lipinski definition) is 4. The molecule has 5 nitrogen and oxygen atoms in total. The monoisotopic (exact) mass is 328 g/mol. The van der Waals surface area contributed by atoms with Gasteiger partial charge in [-0.05, 0) is 49.7 Å². The van der Waals surface area contributed by atoms with Crippen molar-refractivity contribution in [2.24, 2.45) is 5.92 Å². The first kappa shape index (κ1) is 16.5. The fraction of sp³-hybridized carbons (Fsp3) is 0.389. The molecular weight excluding hydrogens is 307 g/mol. The van der Waals surface area contributed by atoms with Gasteiger partial charge in [0.05, 0.1) is 6.20 Å². The van der Waals surface area contributed by atoms with Crippen LogP contribution < -0.4 is 0 Å². The van der Waals surface area contributed by atoms with Gasteiger partial charge in [0.1, 0.15) is 11.5 Å². The fourth-order valence-electron chi connectivity index (χ4n) is 3.43. The van der Waals surface area contributed by atoms with E-state index in [1.807, 2.05) is 12.3 Å². The predicted molar refractivity (Wildman–Crippen MR) is 88.9 cm³/mol. The van der Waals surface area contributed by atoms with Gasteiger partial charge in [-0.15, -0.1) is 0 Å². The average molecular weight is 328 g/mol. The zero-order chi connectivity index (χ0) is 17.1. The van der Waals surface area contributed by atoms with Crippen LogP contribution in [0.1, 0.15) is 28.5 Å². The van der Waals surface area contributed by atoms with Crippen molar-refractivity contribution >= 4 is 5.91 Å². The molecule has 1 fully saturated rings. The van der Waals surface area contributed by atoms with Crippen LogP contribution in [0.5, 0.6) is 0 Å². The molecule has 0 radical (unpaired) electrons. The number of rotatable bonds is 4. The lowest BCUT2D eigenvalue weighted by Crippen LogP contribution is -2.34. The molecule has 0 unspecified atom stereocenters. The fourth-order valence-corrected chi connectivity index (χ4v) is 3.43. The van der Waals surface area contributed by atoms with Crippen LogP contribution in [0, 0.1) is 11.7 Å². The molecule has 1 aliphatic rings. The molecule has 0 N–H and O–H groups in total. The lowest BCUT2D eigenvalue weighted by Gasteiger charge is -2.28. The number of aromatic nitrogens is 2. The van der Waals surface area contributed by atoms with Crippen molar-refractivity contribution in [2.75, 3.05) is 27.2 Å². The number of likely N-dealkylation sites (tertiary alicyclic amines) is 1. The van der Waals surface area contributed by atoms with Crippen LogP contribution in [0.3, 0.4) is 0 Å². The van der Waals surface area contributed by atoms with E-state index in [2.05, 4.69) is 28.0 Å². The van der Waals surface area contributed by atoms with Crippen molar-refractivity contribution in [1.82, 2.24) is 19.8 Å². The molecule has 0 aromatic carbocycles. The van der Waals surface area contributed by atoms with Crippen molar-refractivity contribution in [3.8, 4) is 0 Å². The Hall–Kier alpha value is -2.34. The molecule has 3 rings (SSSR count). The van der Waals surface area contributed by atoms with E-state index >= 15 is 0 Å². The summed E-state index contributed by atoms with van der Waals surface area (Å²) < 4.78 is 13.0. The summed E-state index contributed by atoms with van der Waals surface area (Å²) in [6.07, 6.45) is 5.75. The predicted octanol–water partition coefficient (Wildman–Crippen LogP) is 2.38. The average Bonchev–Trinajstić information content (AvgIpc) is 2.96. The smallest absolute Gasteiger partial charge is 0.272 e. The third-order valence-electron chi connectivity index (χ3n) is 4.60. The molecule has 0 spiro atoms. The Morgan fingerprint density at radius 1 is 1.38 bits per heavy atom. The molecule has 1 amide bonds. The maximum atomic E-state index is 13.0. The number of carbonyl (C=O) groups excluding carboxylic acids is 1. The quantitative estimate of drug-likeness (QED) is 0.865. The molecule has 0 aliphatic carbocycles. The van der Waals surface area contributed by atoms with E-state index in [0.29, 0.717) is 12.5 Å². The van der Waals surface area contributed by atoms with Crippen LogP contribution in [-0.4, -0.2) is 52.9 Å². The van der Waals surface area contributed by atoms with Crippen molar-refractivity contribution in [2.45, 2.75) is 12.5 Å². The van der Waals surface area contributed by atoms with Gasteiger partial charge in [0, 0.05) is 32.0 Å². The minimum Gasteiger partial charge on any atom is -0.340 e. The molecule has 2 aromatic rings. The van der Waals surface area contributed by atoms with E-state index in [4.69, 9.17) is 0 Å². The molecule has 0 saturated carbocycles. The Bertz CT molecular complexity index is 692. The molecule has 1 saturated heterocycles. The lowest BCUT2D eigenvalue weighted by atomic mass is 9.94. The van der Waals surface area contributed by atoms with Gasteiger partial charge in [0.2, 0.25) is 0 Å². The topological polar surface area (TPSA) is 49.3 Å². The summed E-state index contributed by atoms with van der Waals surface area (Å²) >= 11 is 0. The van der Waals surface area contributed by atoms with Gasteiger partial charge in [-0.3, -0.25) is 14.7 Å². The number of hydrogen-bond donors (Lipinski definition) is 0. The van der Waals surface area contributed by atoms with Crippen LogP contribution in [0.15, 0.2) is 42.9 Å². The summed E-state index contributed by atoms with van der Waals surface area (Å²) in [5.41, 5.74) is 1.44. The van der Waals surface area contributed by atoms with Crippen LogP contribution >= 0.6 is 0 Å². The minimum absolute atomic E-state index is 0.186. The highest BCUT2D eigenvalue weighted by Gasteiger charge is 2.34. The number of amides is 1. The summed E-state index contributed by atoms with van der Waals surface area (Å²) in [5, 5.41) is 0. The third kappa shape index (κ3) is 3.43. The van der Waals surface area contributed by atoms with Gasteiger partial charge in [-0.1, -0.05) is 6.07 Å². The van der Waals surface area contributed by atoms with Crippen LogP contribution in [0.2, 0.25) is 0 Å². The summed E-state index contributed by atoms with van der Waals surface area (Å²) in [6, 6.07) is 6.95. The van der Waals surface area contributed by atoms with Crippen molar-refractivity contribution in [1.29, 1.82) is 0 Å². The maximum absolute atomic E-state index is 13.0. The highest BCUT2D eigenvalue weighted by molar-refractivity contribution is 5.92. The summed E-state index contributed by atoms with van der Waals surface area (Å²) in [6.45, 7) is 1.61. The first-order chi connectivity index (χ1) is 11.6. The number of carbonyl (C=O) groups is 1. The van der Waals surface area contributed by atoms with Gasteiger partial charge >= 0.3 is 0 Å². The third-order valence-corrected chi connectivity index (χ3v) is 4.60. The van der Waals surface area contributed by atoms with Gasteiger partial charge < -0.3 is 4.90 Å². The molecule has 126 valence electrons. The Morgan fingerprint density at radius 2 is 2.21 bits per heavy atom. The van der Waals surface area contributed by atoms with E-state index in [0.717, 1.165) is 19.2 Å². The van der Waals surface area contributed by atoms with Gasteiger partial charge in [-0.25, -0.2) is 9.37 Å². The molecular formula is C18H21FN4O. The second-order valence-electron chi connectivity index (χ2n) is 6.31. The summed E-state index contributed by atoms with van der Waals surface area (Å²) in [4.78, 5) is 24.6. The molecule has 1 aliphatic heterocycles. The second-order valence-corrected chi connectivity index (χ2v) is 6.31. The van der Waals surface area contributed by atoms with E-state index in [-0.39, 0.29) is 17.6 Å². The van der Waals surface area contributed by atoms with E-state index in [9.17, 15) is 9.18 Å². The van der Waals surface area contributed by atoms with Crippen LogP contribution in [-0.2, 0) is 0 Å². The molecule has 0 bridgehead atoms. The first-order valence-electron chi connectivity index (χ1n) is 8.03. The standard InChI is InChI=1S/C18H21FN4O/c1-22-9-7-14(17(22)13-4-3-8-20-10-13)12-23(2)18(24)16-6-5-15(19)11-21-16/h3-6,8,10-11,14,17H,7,9,12H2,1-2H3/t14-,17-/m0/s1. The zero-order valence-corrected chi connectivity index (χ0v) is 13.9. The van der Waals surface area contributed by atoms with Crippen LogP contribution in [0.4, 0.5) is 4.39 Å². The van der Waals surface area contributed by atoms with E-state index < -0.39 is 5.82 Å². The van der Waals surface area contributed by atoms with Gasteiger partial charge in [0.25, 0.3) is 5.91 Å². The molecule has 24 heavy (non-hydrogen) atoms. The number of nitrogens with zero attached hydrogens (tertiary/aromatic N) is 4. The SMILES string of the molecule is CN(C[C@@H]1CCN(C)[C@H]1c1cccnc1)C(=O)c1ccc(F)cn1.